The fourth-order valence-corrected chi connectivity index (χ4v) is 3.76. The van der Waals surface area contributed by atoms with Gasteiger partial charge >= 0.3 is 0 Å². The normalized spacial score (nSPS) is 10.8. The highest BCUT2D eigenvalue weighted by Gasteiger charge is 2.20. The second-order valence-corrected chi connectivity index (χ2v) is 7.60. The topological polar surface area (TPSA) is 46.5 Å². The van der Waals surface area contributed by atoms with E-state index in [9.17, 15) is 9.90 Å². The molecule has 0 aromatic heterocycles. The number of rotatable bonds is 5. The standard InChI is InChI=1S/C20H11Cl5O3/c21-15-13(16(22)18(24)19(25)17(15)23)9-28-11-6-7-12(14(26)8-11)20(27)10-4-2-1-3-5-10/h1-8,26H,9H2. The number of phenolic OH excluding ortho intramolecular Hbond substituents is 1. The largest absolute Gasteiger partial charge is 0.507 e. The first-order chi connectivity index (χ1) is 13.3. The fraction of sp³-hybridized carbons (Fsp3) is 0.0500. The van der Waals surface area contributed by atoms with E-state index in [1.807, 2.05) is 0 Å². The molecule has 0 saturated carbocycles. The Hall–Kier alpha value is -1.62. The Balaban J connectivity index is 1.82. The van der Waals surface area contributed by atoms with E-state index in [2.05, 4.69) is 0 Å². The van der Waals surface area contributed by atoms with Gasteiger partial charge in [0.25, 0.3) is 0 Å². The zero-order valence-corrected chi connectivity index (χ0v) is 17.8. The van der Waals surface area contributed by atoms with Gasteiger partial charge in [0.1, 0.15) is 18.1 Å². The molecule has 0 spiro atoms. The van der Waals surface area contributed by atoms with Crippen LogP contribution in [-0.4, -0.2) is 10.9 Å². The maximum absolute atomic E-state index is 12.5. The van der Waals surface area contributed by atoms with E-state index in [0.29, 0.717) is 16.9 Å². The molecule has 0 saturated heterocycles. The summed E-state index contributed by atoms with van der Waals surface area (Å²) in [7, 11) is 0. The summed E-state index contributed by atoms with van der Waals surface area (Å²) >= 11 is 30.4. The van der Waals surface area contributed by atoms with Gasteiger partial charge in [-0.2, -0.15) is 0 Å². The number of hydrogen-bond acceptors (Lipinski definition) is 3. The minimum atomic E-state index is -0.299. The third kappa shape index (κ3) is 4.19. The lowest BCUT2D eigenvalue weighted by molar-refractivity contribution is 0.103. The molecule has 0 aliphatic heterocycles. The van der Waals surface area contributed by atoms with Crippen molar-refractivity contribution >= 4 is 63.8 Å². The molecule has 1 N–H and O–H groups in total. The smallest absolute Gasteiger partial charge is 0.196 e. The fourth-order valence-electron chi connectivity index (χ4n) is 2.47. The predicted molar refractivity (Wildman–Crippen MR) is 114 cm³/mol. The predicted octanol–water partition coefficient (Wildman–Crippen LogP) is 7.47. The van der Waals surface area contributed by atoms with Gasteiger partial charge in [-0.15, -0.1) is 0 Å². The van der Waals surface area contributed by atoms with Crippen molar-refractivity contribution in [3.63, 3.8) is 0 Å². The van der Waals surface area contributed by atoms with Crippen molar-refractivity contribution in [1.29, 1.82) is 0 Å². The van der Waals surface area contributed by atoms with Crippen molar-refractivity contribution in [2.24, 2.45) is 0 Å². The SMILES string of the molecule is O=C(c1ccccc1)c1ccc(OCc2c(Cl)c(Cl)c(Cl)c(Cl)c2Cl)cc1O. The van der Waals surface area contributed by atoms with Gasteiger partial charge < -0.3 is 9.84 Å². The average Bonchev–Trinajstić information content (AvgIpc) is 2.71. The summed E-state index contributed by atoms with van der Waals surface area (Å²) in [4.78, 5) is 12.5. The number of carbonyl (C=O) groups excluding carboxylic acids is 1. The maximum atomic E-state index is 12.5. The Morgan fingerprint density at radius 3 is 1.96 bits per heavy atom. The monoisotopic (exact) mass is 474 g/mol. The number of phenols is 1. The van der Waals surface area contributed by atoms with Gasteiger partial charge in [-0.3, -0.25) is 4.79 Å². The molecule has 0 bridgehead atoms. The van der Waals surface area contributed by atoms with E-state index in [1.165, 1.54) is 12.1 Å². The molecule has 3 nitrogen and oxygen atoms in total. The molecule has 0 heterocycles. The third-order valence-electron chi connectivity index (χ3n) is 3.93. The van der Waals surface area contributed by atoms with Crippen molar-refractivity contribution in [2.45, 2.75) is 6.61 Å². The van der Waals surface area contributed by atoms with E-state index in [1.54, 1.807) is 36.4 Å². The lowest BCUT2D eigenvalue weighted by Crippen LogP contribution is -2.03. The minimum Gasteiger partial charge on any atom is -0.507 e. The summed E-state index contributed by atoms with van der Waals surface area (Å²) < 4.78 is 5.62. The van der Waals surface area contributed by atoms with Crippen LogP contribution in [0.1, 0.15) is 21.5 Å². The van der Waals surface area contributed by atoms with Gasteiger partial charge in [0, 0.05) is 17.2 Å². The number of benzene rings is 3. The van der Waals surface area contributed by atoms with Crippen molar-refractivity contribution in [3.05, 3.63) is 90.3 Å². The van der Waals surface area contributed by atoms with Crippen LogP contribution in [0.3, 0.4) is 0 Å². The van der Waals surface area contributed by atoms with Crippen molar-refractivity contribution < 1.29 is 14.6 Å². The molecule has 0 atom stereocenters. The highest BCUT2D eigenvalue weighted by molar-refractivity contribution is 6.55. The Morgan fingerprint density at radius 2 is 1.39 bits per heavy atom. The molecule has 28 heavy (non-hydrogen) atoms. The second kappa shape index (κ2) is 8.81. The van der Waals surface area contributed by atoms with Crippen LogP contribution in [0.25, 0.3) is 0 Å². The van der Waals surface area contributed by atoms with Gasteiger partial charge in [0.15, 0.2) is 5.78 Å². The van der Waals surface area contributed by atoms with E-state index >= 15 is 0 Å². The van der Waals surface area contributed by atoms with Crippen LogP contribution >= 0.6 is 58.0 Å². The minimum absolute atomic E-state index is 0.0588. The van der Waals surface area contributed by atoms with Crippen molar-refractivity contribution in [1.82, 2.24) is 0 Å². The first-order valence-corrected chi connectivity index (χ1v) is 9.76. The maximum Gasteiger partial charge on any atom is 0.196 e. The van der Waals surface area contributed by atoms with E-state index in [4.69, 9.17) is 62.7 Å². The van der Waals surface area contributed by atoms with Crippen LogP contribution in [0.2, 0.25) is 25.1 Å². The molecule has 0 aliphatic rings. The Morgan fingerprint density at radius 1 is 0.821 bits per heavy atom. The number of hydrogen-bond donors (Lipinski definition) is 1. The molecule has 0 unspecified atom stereocenters. The molecule has 144 valence electrons. The summed E-state index contributed by atoms with van der Waals surface area (Å²) in [6.45, 7) is -0.0697. The number of ether oxygens (including phenoxy) is 1. The van der Waals surface area contributed by atoms with Crippen LogP contribution in [0.15, 0.2) is 48.5 Å². The molecule has 8 heteroatoms. The first kappa shape index (κ1) is 21.1. The van der Waals surface area contributed by atoms with Crippen LogP contribution in [-0.2, 0) is 6.61 Å². The number of ketones is 1. The summed E-state index contributed by atoms with van der Waals surface area (Å²) in [6.07, 6.45) is 0. The zero-order chi connectivity index (χ0) is 20.4. The van der Waals surface area contributed by atoms with Gasteiger partial charge in [-0.1, -0.05) is 88.3 Å². The molecule has 0 amide bonds. The van der Waals surface area contributed by atoms with Crippen molar-refractivity contribution in [3.8, 4) is 11.5 Å². The van der Waals surface area contributed by atoms with Gasteiger partial charge in [0.2, 0.25) is 0 Å². The summed E-state index contributed by atoms with van der Waals surface area (Å²) in [5.74, 6) is -0.209. The highest BCUT2D eigenvalue weighted by Crippen LogP contribution is 2.44. The van der Waals surface area contributed by atoms with E-state index < -0.39 is 0 Å². The molecule has 0 aliphatic carbocycles. The van der Waals surface area contributed by atoms with E-state index in [0.717, 1.165) is 0 Å². The molecular formula is C20H11Cl5O3. The van der Waals surface area contributed by atoms with Crippen LogP contribution in [0.5, 0.6) is 11.5 Å². The second-order valence-electron chi connectivity index (χ2n) is 5.71. The molecule has 0 radical (unpaired) electrons. The average molecular weight is 477 g/mol. The summed E-state index contributed by atoms with van der Waals surface area (Å²) in [5.41, 5.74) is 0.981. The summed E-state index contributed by atoms with van der Waals surface area (Å²) in [6, 6.07) is 13.0. The lowest BCUT2D eigenvalue weighted by Gasteiger charge is -2.14. The number of halogens is 5. The molecular weight excluding hydrogens is 465 g/mol. The number of carbonyl (C=O) groups is 1. The van der Waals surface area contributed by atoms with E-state index in [-0.39, 0.29) is 48.8 Å². The Labute approximate surface area is 186 Å². The molecule has 3 aromatic carbocycles. The van der Waals surface area contributed by atoms with Crippen molar-refractivity contribution in [2.75, 3.05) is 0 Å². The molecule has 0 fully saturated rings. The van der Waals surface area contributed by atoms with Crippen LogP contribution in [0, 0.1) is 0 Å². The van der Waals surface area contributed by atoms with Crippen LogP contribution < -0.4 is 4.74 Å². The highest BCUT2D eigenvalue weighted by atomic mass is 35.5. The zero-order valence-electron chi connectivity index (χ0n) is 14.0. The number of aromatic hydroxyl groups is 1. The van der Waals surface area contributed by atoms with Gasteiger partial charge in [-0.05, 0) is 12.1 Å². The quantitative estimate of drug-likeness (QED) is 0.236. The first-order valence-electron chi connectivity index (χ1n) is 7.87. The summed E-state index contributed by atoms with van der Waals surface area (Å²) in [5, 5.41) is 10.7. The van der Waals surface area contributed by atoms with Crippen LogP contribution in [0.4, 0.5) is 0 Å². The van der Waals surface area contributed by atoms with Gasteiger partial charge in [0.05, 0.1) is 30.7 Å². The third-order valence-corrected chi connectivity index (χ3v) is 6.29. The Kier molecular flexibility index (Phi) is 6.64. The molecule has 3 aromatic rings. The van der Waals surface area contributed by atoms with Gasteiger partial charge in [-0.25, -0.2) is 0 Å². The molecule has 3 rings (SSSR count). The lowest BCUT2D eigenvalue weighted by atomic mass is 10.0. The Bertz CT molecular complexity index is 1020.